The Morgan fingerprint density at radius 3 is 3.05 bits per heavy atom. The van der Waals surface area contributed by atoms with Crippen LogP contribution >= 0.6 is 0 Å². The van der Waals surface area contributed by atoms with Gasteiger partial charge in [-0.2, -0.15) is 0 Å². The van der Waals surface area contributed by atoms with Crippen molar-refractivity contribution in [3.63, 3.8) is 0 Å². The zero-order chi connectivity index (χ0) is 15.0. The summed E-state index contributed by atoms with van der Waals surface area (Å²) in [7, 11) is 0. The first-order valence-electron chi connectivity index (χ1n) is 6.71. The van der Waals surface area contributed by atoms with Crippen molar-refractivity contribution >= 4 is 5.97 Å². The monoisotopic (exact) mass is 291 g/mol. The highest BCUT2D eigenvalue weighted by molar-refractivity contribution is 5.89. The van der Waals surface area contributed by atoms with Crippen LogP contribution in [0, 0.1) is 12.7 Å². The van der Waals surface area contributed by atoms with Crippen molar-refractivity contribution in [2.45, 2.75) is 20.3 Å². The highest BCUT2D eigenvalue weighted by Gasteiger charge is 2.26. The molecule has 0 spiro atoms. The summed E-state index contributed by atoms with van der Waals surface area (Å²) in [5.74, 6) is -0.0140. The maximum absolute atomic E-state index is 14.1. The normalized spacial score (nSPS) is 12.9. The van der Waals surface area contributed by atoms with Crippen LogP contribution in [0.2, 0.25) is 0 Å². The van der Waals surface area contributed by atoms with Gasteiger partial charge in [-0.25, -0.2) is 14.2 Å². The number of carbonyl (C=O) groups is 1. The number of hydrogen-bond acceptors (Lipinski definition) is 5. The SMILES string of the molecule is CCOC(=O)c1nc(-c2c(F)ccc3c2CCO3)oc1C. The van der Waals surface area contributed by atoms with Gasteiger partial charge in [0.25, 0.3) is 0 Å². The van der Waals surface area contributed by atoms with Crippen molar-refractivity contribution in [2.24, 2.45) is 0 Å². The zero-order valence-corrected chi connectivity index (χ0v) is 11.7. The molecule has 1 aliphatic heterocycles. The fourth-order valence-corrected chi connectivity index (χ4v) is 2.37. The number of fused-ring (bicyclic) bond motifs is 1. The molecule has 5 nitrogen and oxygen atoms in total. The van der Waals surface area contributed by atoms with E-state index < -0.39 is 11.8 Å². The van der Waals surface area contributed by atoms with E-state index in [1.807, 2.05) is 0 Å². The molecule has 2 aromatic rings. The molecule has 0 aliphatic carbocycles. The lowest BCUT2D eigenvalue weighted by atomic mass is 10.0. The highest BCUT2D eigenvalue weighted by Crippen LogP contribution is 2.37. The molecular weight excluding hydrogens is 277 g/mol. The molecule has 2 heterocycles. The summed E-state index contributed by atoms with van der Waals surface area (Å²) in [6.07, 6.45) is 0.582. The van der Waals surface area contributed by atoms with Crippen molar-refractivity contribution in [1.82, 2.24) is 4.98 Å². The van der Waals surface area contributed by atoms with Gasteiger partial charge >= 0.3 is 5.97 Å². The van der Waals surface area contributed by atoms with Gasteiger partial charge in [0, 0.05) is 12.0 Å². The molecule has 0 saturated heterocycles. The van der Waals surface area contributed by atoms with Gasteiger partial charge in [-0.1, -0.05) is 0 Å². The van der Waals surface area contributed by atoms with E-state index in [0.29, 0.717) is 30.1 Å². The van der Waals surface area contributed by atoms with Crippen molar-refractivity contribution < 1.29 is 23.1 Å². The standard InChI is InChI=1S/C15H14FNO4/c1-3-19-15(18)13-8(2)21-14(17-13)12-9-6-7-20-11(9)5-4-10(12)16/h4-5H,3,6-7H2,1-2H3. The second-order valence-electron chi connectivity index (χ2n) is 4.64. The summed E-state index contributed by atoms with van der Waals surface area (Å²) in [6, 6.07) is 2.90. The summed E-state index contributed by atoms with van der Waals surface area (Å²) >= 11 is 0. The Morgan fingerprint density at radius 1 is 1.48 bits per heavy atom. The predicted octanol–water partition coefficient (Wildman–Crippen LogP) is 2.90. The number of halogens is 1. The van der Waals surface area contributed by atoms with E-state index in [-0.39, 0.29) is 23.8 Å². The molecule has 0 saturated carbocycles. The van der Waals surface area contributed by atoms with Crippen LogP contribution in [0.4, 0.5) is 4.39 Å². The third-order valence-electron chi connectivity index (χ3n) is 3.31. The third-order valence-corrected chi connectivity index (χ3v) is 3.31. The van der Waals surface area contributed by atoms with Crippen LogP contribution in [0.15, 0.2) is 16.5 Å². The smallest absolute Gasteiger partial charge is 0.360 e. The first kappa shape index (κ1) is 13.6. The molecule has 0 fully saturated rings. The second kappa shape index (κ2) is 5.20. The zero-order valence-electron chi connectivity index (χ0n) is 11.7. The molecule has 0 unspecified atom stereocenters. The lowest BCUT2D eigenvalue weighted by Gasteiger charge is -2.04. The molecule has 1 aromatic carbocycles. The number of oxazole rings is 1. The van der Waals surface area contributed by atoms with E-state index in [0.717, 1.165) is 0 Å². The van der Waals surface area contributed by atoms with Crippen molar-refractivity contribution in [3.05, 3.63) is 35.0 Å². The van der Waals surface area contributed by atoms with Gasteiger partial charge in [-0.3, -0.25) is 0 Å². The van der Waals surface area contributed by atoms with Crippen LogP contribution in [0.1, 0.15) is 28.7 Å². The Balaban J connectivity index is 2.08. The highest BCUT2D eigenvalue weighted by atomic mass is 19.1. The van der Waals surface area contributed by atoms with E-state index in [1.54, 1.807) is 19.9 Å². The predicted molar refractivity (Wildman–Crippen MR) is 71.8 cm³/mol. The number of esters is 1. The summed E-state index contributed by atoms with van der Waals surface area (Å²) in [5, 5.41) is 0. The first-order valence-corrected chi connectivity index (χ1v) is 6.71. The van der Waals surface area contributed by atoms with Crippen LogP contribution in [0.25, 0.3) is 11.5 Å². The average Bonchev–Trinajstić information content (AvgIpc) is 3.05. The Labute approximate surface area is 120 Å². The molecule has 0 atom stereocenters. The van der Waals surface area contributed by atoms with Gasteiger partial charge in [0.1, 0.15) is 17.3 Å². The molecule has 1 aliphatic rings. The summed E-state index contributed by atoms with van der Waals surface area (Å²) in [5.41, 5.74) is 1.04. The van der Waals surface area contributed by atoms with Crippen LogP contribution in [0.3, 0.4) is 0 Å². The molecule has 3 rings (SSSR count). The van der Waals surface area contributed by atoms with E-state index >= 15 is 0 Å². The number of aromatic nitrogens is 1. The lowest BCUT2D eigenvalue weighted by Crippen LogP contribution is -2.06. The van der Waals surface area contributed by atoms with E-state index in [1.165, 1.54) is 6.07 Å². The molecule has 1 aromatic heterocycles. The average molecular weight is 291 g/mol. The van der Waals surface area contributed by atoms with Gasteiger partial charge in [0.2, 0.25) is 5.89 Å². The fourth-order valence-electron chi connectivity index (χ4n) is 2.37. The van der Waals surface area contributed by atoms with E-state index in [2.05, 4.69) is 4.98 Å². The molecular formula is C15H14FNO4. The minimum absolute atomic E-state index is 0.0720. The minimum atomic E-state index is -0.575. The van der Waals surface area contributed by atoms with Gasteiger partial charge in [0.15, 0.2) is 5.69 Å². The number of rotatable bonds is 3. The van der Waals surface area contributed by atoms with Crippen molar-refractivity contribution in [2.75, 3.05) is 13.2 Å². The van der Waals surface area contributed by atoms with Crippen LogP contribution < -0.4 is 4.74 Å². The molecule has 0 bridgehead atoms. The number of carbonyl (C=O) groups excluding carboxylic acids is 1. The Morgan fingerprint density at radius 2 is 2.29 bits per heavy atom. The number of ether oxygens (including phenoxy) is 2. The molecule has 110 valence electrons. The van der Waals surface area contributed by atoms with E-state index in [4.69, 9.17) is 13.9 Å². The maximum atomic E-state index is 14.1. The van der Waals surface area contributed by atoms with Crippen molar-refractivity contribution in [3.8, 4) is 17.2 Å². The quantitative estimate of drug-likeness (QED) is 0.814. The molecule has 6 heteroatoms. The van der Waals surface area contributed by atoms with Crippen LogP contribution in [-0.4, -0.2) is 24.2 Å². The molecule has 0 radical (unpaired) electrons. The molecule has 0 N–H and O–H groups in total. The largest absolute Gasteiger partial charge is 0.493 e. The van der Waals surface area contributed by atoms with Crippen molar-refractivity contribution in [1.29, 1.82) is 0 Å². The van der Waals surface area contributed by atoms with Crippen LogP contribution in [0.5, 0.6) is 5.75 Å². The van der Waals surface area contributed by atoms with Crippen LogP contribution in [-0.2, 0) is 11.2 Å². The number of aryl methyl sites for hydroxylation is 1. The molecule has 21 heavy (non-hydrogen) atoms. The van der Waals surface area contributed by atoms with Gasteiger partial charge in [0.05, 0.1) is 18.8 Å². The summed E-state index contributed by atoms with van der Waals surface area (Å²) in [6.45, 7) is 4.04. The Bertz CT molecular complexity index is 708. The molecule has 0 amide bonds. The van der Waals surface area contributed by atoms with E-state index in [9.17, 15) is 9.18 Å². The summed E-state index contributed by atoms with van der Waals surface area (Å²) in [4.78, 5) is 15.9. The Hall–Kier alpha value is -2.37. The number of hydrogen-bond donors (Lipinski definition) is 0. The first-order chi connectivity index (χ1) is 10.1. The lowest BCUT2D eigenvalue weighted by molar-refractivity contribution is 0.0518. The number of nitrogens with zero attached hydrogens (tertiary/aromatic N) is 1. The number of benzene rings is 1. The second-order valence-corrected chi connectivity index (χ2v) is 4.64. The fraction of sp³-hybridized carbons (Fsp3) is 0.333. The Kier molecular flexibility index (Phi) is 3.37. The van der Waals surface area contributed by atoms with Gasteiger partial charge < -0.3 is 13.9 Å². The third kappa shape index (κ3) is 2.26. The van der Waals surface area contributed by atoms with Gasteiger partial charge in [-0.15, -0.1) is 0 Å². The maximum Gasteiger partial charge on any atom is 0.360 e. The topological polar surface area (TPSA) is 61.6 Å². The summed E-state index contributed by atoms with van der Waals surface area (Å²) < 4.78 is 29.9. The minimum Gasteiger partial charge on any atom is -0.493 e. The van der Waals surface area contributed by atoms with Gasteiger partial charge in [-0.05, 0) is 26.0 Å².